The average molecular weight is 346 g/mol. The van der Waals surface area contributed by atoms with Crippen molar-refractivity contribution in [2.75, 3.05) is 10.6 Å². The van der Waals surface area contributed by atoms with Crippen LogP contribution in [0.1, 0.15) is 41.5 Å². The lowest BCUT2D eigenvalue weighted by atomic mass is 10.2. The Morgan fingerprint density at radius 2 is 1.58 bits per heavy atom. The molecular weight excluding hydrogens is 322 g/mol. The summed E-state index contributed by atoms with van der Waals surface area (Å²) in [5.41, 5.74) is 2.54. The molecule has 0 aromatic heterocycles. The van der Waals surface area contributed by atoms with Gasteiger partial charge in [0.1, 0.15) is 11.3 Å². The highest BCUT2D eigenvalue weighted by atomic mass is 19.1. The van der Waals surface area contributed by atoms with E-state index in [9.17, 15) is 18.7 Å². The van der Waals surface area contributed by atoms with Crippen molar-refractivity contribution in [2.24, 2.45) is 0 Å². The lowest BCUT2D eigenvalue weighted by molar-refractivity contribution is -0.163. The number of aliphatic hydroxyl groups excluding tert-OH is 1. The second-order valence-electron chi connectivity index (χ2n) is 7.23. The molecular formula is C16H24F2N2O4. The number of nitrogen functional groups attached to an aromatic ring is 1. The number of hydrogen-bond acceptors (Lipinski definition) is 5. The Balaban J connectivity index is 3.30. The van der Waals surface area contributed by atoms with Gasteiger partial charge in [0.25, 0.3) is 0 Å². The standard InChI is InChI=1S/C16H24F2N2O4/c1-15(2,3)23-13(21)20(14(22)24-16(4,5)6)9-7-10(17)12(19)11(18)8-9/h7-8,13,21H,19H2,1-6H3. The van der Waals surface area contributed by atoms with Crippen LogP contribution >= 0.6 is 0 Å². The highest BCUT2D eigenvalue weighted by molar-refractivity contribution is 5.88. The van der Waals surface area contributed by atoms with Crippen LogP contribution in [0.15, 0.2) is 12.1 Å². The van der Waals surface area contributed by atoms with Crippen molar-refractivity contribution in [1.82, 2.24) is 0 Å². The molecule has 0 aliphatic rings. The predicted octanol–water partition coefficient (Wildman–Crippen LogP) is 3.38. The number of ether oxygens (including phenoxy) is 2. The monoisotopic (exact) mass is 346 g/mol. The van der Waals surface area contributed by atoms with Gasteiger partial charge in [-0.3, -0.25) is 0 Å². The summed E-state index contributed by atoms with van der Waals surface area (Å²) in [6, 6.07) is 1.63. The molecule has 1 rings (SSSR count). The first kappa shape index (κ1) is 20.1. The van der Waals surface area contributed by atoms with Crippen LogP contribution < -0.4 is 10.6 Å². The van der Waals surface area contributed by atoms with Crippen molar-refractivity contribution in [2.45, 2.75) is 59.2 Å². The minimum Gasteiger partial charge on any atom is -0.443 e. The lowest BCUT2D eigenvalue weighted by Gasteiger charge is -2.33. The maximum absolute atomic E-state index is 13.7. The summed E-state index contributed by atoms with van der Waals surface area (Å²) in [6.07, 6.45) is -2.84. The number of amides is 1. The first-order chi connectivity index (χ1) is 10.7. The zero-order valence-corrected chi connectivity index (χ0v) is 14.7. The zero-order chi connectivity index (χ0) is 18.9. The fraction of sp³-hybridized carbons (Fsp3) is 0.562. The maximum Gasteiger partial charge on any atom is 0.418 e. The van der Waals surface area contributed by atoms with E-state index in [0.29, 0.717) is 4.90 Å². The number of carbonyl (C=O) groups excluding carboxylic acids is 1. The van der Waals surface area contributed by atoms with Crippen LogP contribution in [0.5, 0.6) is 0 Å². The Kier molecular flexibility index (Phi) is 5.78. The second-order valence-corrected chi connectivity index (χ2v) is 7.23. The normalized spacial score (nSPS) is 13.5. The highest BCUT2D eigenvalue weighted by Crippen LogP contribution is 2.27. The van der Waals surface area contributed by atoms with Crippen molar-refractivity contribution in [3.8, 4) is 0 Å². The molecule has 0 radical (unpaired) electrons. The summed E-state index contributed by atoms with van der Waals surface area (Å²) in [7, 11) is 0. The Morgan fingerprint density at radius 1 is 1.12 bits per heavy atom. The molecule has 0 fully saturated rings. The SMILES string of the molecule is CC(C)(C)OC(=O)N(c1cc(F)c(N)c(F)c1)C(O)OC(C)(C)C. The molecule has 0 spiro atoms. The van der Waals surface area contributed by atoms with E-state index < -0.39 is 41.0 Å². The minimum absolute atomic E-state index is 0.287. The first-order valence-corrected chi connectivity index (χ1v) is 7.34. The second kappa shape index (κ2) is 6.90. The number of nitrogens with zero attached hydrogens (tertiary/aromatic N) is 1. The van der Waals surface area contributed by atoms with Crippen LogP contribution in [0, 0.1) is 11.6 Å². The van der Waals surface area contributed by atoms with Gasteiger partial charge in [-0.25, -0.2) is 18.5 Å². The molecule has 0 bridgehead atoms. The van der Waals surface area contributed by atoms with Crippen LogP contribution in [0.25, 0.3) is 0 Å². The van der Waals surface area contributed by atoms with Gasteiger partial charge in [-0.15, -0.1) is 0 Å². The molecule has 0 aliphatic carbocycles. The van der Waals surface area contributed by atoms with Crippen LogP contribution in [-0.2, 0) is 9.47 Å². The molecule has 24 heavy (non-hydrogen) atoms. The molecule has 0 saturated carbocycles. The summed E-state index contributed by atoms with van der Waals surface area (Å²) in [6.45, 7) is 9.79. The molecule has 0 aliphatic heterocycles. The predicted molar refractivity (Wildman–Crippen MR) is 86.3 cm³/mol. The molecule has 1 aromatic rings. The minimum atomic E-state index is -1.82. The van der Waals surface area contributed by atoms with Crippen LogP contribution in [0.4, 0.5) is 25.0 Å². The van der Waals surface area contributed by atoms with Gasteiger partial charge in [0, 0.05) is 12.1 Å². The molecule has 1 amide bonds. The Morgan fingerprint density at radius 3 is 1.96 bits per heavy atom. The van der Waals surface area contributed by atoms with E-state index in [0.717, 1.165) is 12.1 Å². The number of rotatable bonds is 3. The lowest BCUT2D eigenvalue weighted by Crippen LogP contribution is -2.47. The first-order valence-electron chi connectivity index (χ1n) is 7.34. The summed E-state index contributed by atoms with van der Waals surface area (Å²) in [5, 5.41) is 10.2. The molecule has 0 saturated heterocycles. The topological polar surface area (TPSA) is 85.0 Å². The van der Waals surface area contributed by atoms with E-state index in [1.807, 2.05) is 0 Å². The van der Waals surface area contributed by atoms with Crippen molar-refractivity contribution in [3.05, 3.63) is 23.8 Å². The summed E-state index contributed by atoms with van der Waals surface area (Å²) in [5.74, 6) is -2.14. The molecule has 6 nitrogen and oxygen atoms in total. The fourth-order valence-corrected chi connectivity index (χ4v) is 1.71. The molecule has 8 heteroatoms. The number of halogens is 2. The van der Waals surface area contributed by atoms with Gasteiger partial charge in [-0.05, 0) is 41.5 Å². The fourth-order valence-electron chi connectivity index (χ4n) is 1.71. The zero-order valence-electron chi connectivity index (χ0n) is 14.7. The summed E-state index contributed by atoms with van der Waals surface area (Å²) < 4.78 is 37.9. The molecule has 3 N–H and O–H groups in total. The van der Waals surface area contributed by atoms with E-state index in [1.165, 1.54) is 0 Å². The van der Waals surface area contributed by atoms with Crippen LogP contribution in [0.2, 0.25) is 0 Å². The molecule has 1 atom stereocenters. The number of anilines is 2. The Labute approximate surface area is 140 Å². The van der Waals surface area contributed by atoms with Gasteiger partial charge in [0.15, 0.2) is 11.6 Å². The van der Waals surface area contributed by atoms with Gasteiger partial charge in [-0.1, -0.05) is 0 Å². The van der Waals surface area contributed by atoms with Crippen molar-refractivity contribution < 1.29 is 28.2 Å². The largest absolute Gasteiger partial charge is 0.443 e. The van der Waals surface area contributed by atoms with E-state index >= 15 is 0 Å². The molecule has 0 heterocycles. The number of nitrogens with two attached hydrogens (primary N) is 1. The third-order valence-corrected chi connectivity index (χ3v) is 2.61. The smallest absolute Gasteiger partial charge is 0.418 e. The highest BCUT2D eigenvalue weighted by Gasteiger charge is 2.32. The third kappa shape index (κ3) is 5.61. The van der Waals surface area contributed by atoms with Gasteiger partial charge < -0.3 is 20.3 Å². The van der Waals surface area contributed by atoms with Crippen LogP contribution in [0.3, 0.4) is 0 Å². The number of carbonyl (C=O) groups is 1. The van der Waals surface area contributed by atoms with Crippen molar-refractivity contribution in [3.63, 3.8) is 0 Å². The van der Waals surface area contributed by atoms with Gasteiger partial charge in [-0.2, -0.15) is 0 Å². The maximum atomic E-state index is 13.7. The number of aliphatic hydroxyl groups is 1. The van der Waals surface area contributed by atoms with E-state index in [2.05, 4.69) is 0 Å². The Bertz CT molecular complexity index is 586. The third-order valence-electron chi connectivity index (χ3n) is 2.61. The van der Waals surface area contributed by atoms with Gasteiger partial charge in [0.05, 0.1) is 11.3 Å². The van der Waals surface area contributed by atoms with Gasteiger partial charge in [0.2, 0.25) is 6.41 Å². The van der Waals surface area contributed by atoms with Crippen molar-refractivity contribution in [1.29, 1.82) is 0 Å². The summed E-state index contributed by atoms with van der Waals surface area (Å²) in [4.78, 5) is 13.0. The van der Waals surface area contributed by atoms with Gasteiger partial charge >= 0.3 is 6.09 Å². The number of hydrogen-bond donors (Lipinski definition) is 2. The molecule has 1 aromatic carbocycles. The average Bonchev–Trinajstić information content (AvgIpc) is 2.31. The number of benzene rings is 1. The van der Waals surface area contributed by atoms with Crippen LogP contribution in [-0.4, -0.2) is 28.8 Å². The quantitative estimate of drug-likeness (QED) is 0.647. The summed E-state index contributed by atoms with van der Waals surface area (Å²) >= 11 is 0. The molecule has 1 unspecified atom stereocenters. The Hall–Kier alpha value is -1.93. The van der Waals surface area contributed by atoms with E-state index in [4.69, 9.17) is 15.2 Å². The van der Waals surface area contributed by atoms with Crippen molar-refractivity contribution >= 4 is 17.5 Å². The van der Waals surface area contributed by atoms with E-state index in [1.54, 1.807) is 41.5 Å². The van der Waals surface area contributed by atoms with E-state index in [-0.39, 0.29) is 5.69 Å². The molecule has 136 valence electrons.